The van der Waals surface area contributed by atoms with Gasteiger partial charge in [-0.2, -0.15) is 0 Å². The Morgan fingerprint density at radius 1 is 1.23 bits per heavy atom. The number of carbonyl (C=O) groups is 2. The van der Waals surface area contributed by atoms with E-state index >= 15 is 0 Å². The third kappa shape index (κ3) is 2.46. The summed E-state index contributed by atoms with van der Waals surface area (Å²) in [5.74, 6) is -0.245. The van der Waals surface area contributed by atoms with E-state index in [9.17, 15) is 19.8 Å². The van der Waals surface area contributed by atoms with E-state index in [1.165, 1.54) is 6.08 Å². The van der Waals surface area contributed by atoms with Crippen LogP contribution in [0, 0.1) is 22.7 Å². The van der Waals surface area contributed by atoms with Gasteiger partial charge >= 0.3 is 11.9 Å². The van der Waals surface area contributed by atoms with E-state index in [1.807, 2.05) is 0 Å². The number of esters is 2. The molecule has 1 saturated carbocycles. The monoisotopic (exact) mass is 362 g/mol. The van der Waals surface area contributed by atoms with Gasteiger partial charge in [0.25, 0.3) is 0 Å². The van der Waals surface area contributed by atoms with Gasteiger partial charge < -0.3 is 19.7 Å². The average molecular weight is 362 g/mol. The molecule has 6 nitrogen and oxygen atoms in total. The first kappa shape index (κ1) is 17.7. The summed E-state index contributed by atoms with van der Waals surface area (Å²) in [7, 11) is 0. The van der Waals surface area contributed by atoms with Gasteiger partial charge in [-0.1, -0.05) is 13.8 Å². The Morgan fingerprint density at radius 3 is 2.69 bits per heavy atom. The maximum atomic E-state index is 12.2. The molecule has 6 heteroatoms. The fourth-order valence-corrected chi connectivity index (χ4v) is 5.70. The first-order valence-electron chi connectivity index (χ1n) is 9.43. The maximum Gasteiger partial charge on any atom is 0.336 e. The normalized spacial score (nSPS) is 44.6. The zero-order chi connectivity index (χ0) is 18.7. The van der Waals surface area contributed by atoms with Crippen LogP contribution in [0.1, 0.15) is 46.0 Å². The minimum atomic E-state index is -1.15. The van der Waals surface area contributed by atoms with Crippen LogP contribution >= 0.6 is 0 Å². The molecule has 2 heterocycles. The maximum absolute atomic E-state index is 12.2. The van der Waals surface area contributed by atoms with Crippen molar-refractivity contribution in [2.24, 2.45) is 22.7 Å². The van der Waals surface area contributed by atoms with Gasteiger partial charge in [0.05, 0.1) is 6.10 Å². The number of cyclic esters (lactones) is 2. The van der Waals surface area contributed by atoms with Gasteiger partial charge in [0.2, 0.25) is 6.29 Å². The van der Waals surface area contributed by atoms with Gasteiger partial charge in [0.1, 0.15) is 6.61 Å². The van der Waals surface area contributed by atoms with Gasteiger partial charge in [-0.3, -0.25) is 0 Å². The molecular weight excluding hydrogens is 336 g/mol. The molecular formula is C20H26O6. The molecule has 4 aliphatic rings. The van der Waals surface area contributed by atoms with Gasteiger partial charge in [0, 0.05) is 16.6 Å². The van der Waals surface area contributed by atoms with E-state index in [1.54, 1.807) is 6.08 Å². The molecule has 2 aliphatic carbocycles. The number of aliphatic hydroxyl groups is 2. The third-order valence-corrected chi connectivity index (χ3v) is 7.43. The van der Waals surface area contributed by atoms with Gasteiger partial charge in [0.15, 0.2) is 0 Å². The first-order valence-corrected chi connectivity index (χ1v) is 9.43. The smallest absolute Gasteiger partial charge is 0.336 e. The lowest BCUT2D eigenvalue weighted by Crippen LogP contribution is -2.53. The number of ether oxygens (including phenoxy) is 2. The van der Waals surface area contributed by atoms with Crippen molar-refractivity contribution in [3.05, 3.63) is 23.3 Å². The highest BCUT2D eigenvalue weighted by molar-refractivity contribution is 5.93. The molecule has 2 fully saturated rings. The Bertz CT molecular complexity index is 709. The van der Waals surface area contributed by atoms with Crippen LogP contribution in [-0.4, -0.2) is 41.2 Å². The summed E-state index contributed by atoms with van der Waals surface area (Å²) < 4.78 is 10.2. The van der Waals surface area contributed by atoms with Crippen LogP contribution < -0.4 is 0 Å². The Kier molecular flexibility index (Phi) is 4.04. The van der Waals surface area contributed by atoms with Crippen molar-refractivity contribution >= 4 is 11.9 Å². The number of hydrogen-bond acceptors (Lipinski definition) is 6. The van der Waals surface area contributed by atoms with Gasteiger partial charge in [-0.05, 0) is 61.5 Å². The fraction of sp³-hybridized carbons (Fsp3) is 0.700. The summed E-state index contributed by atoms with van der Waals surface area (Å²) in [6, 6.07) is 0. The molecule has 6 atom stereocenters. The van der Waals surface area contributed by atoms with Crippen molar-refractivity contribution in [3.63, 3.8) is 0 Å². The second-order valence-corrected chi connectivity index (χ2v) is 8.60. The molecule has 4 rings (SSSR count). The van der Waals surface area contributed by atoms with E-state index in [0.29, 0.717) is 36.5 Å². The first-order chi connectivity index (χ1) is 12.3. The summed E-state index contributed by atoms with van der Waals surface area (Å²) >= 11 is 0. The summed E-state index contributed by atoms with van der Waals surface area (Å²) in [5, 5.41) is 19.9. The summed E-state index contributed by atoms with van der Waals surface area (Å²) in [4.78, 5) is 24.1. The number of carbonyl (C=O) groups excluding carboxylic acids is 2. The van der Waals surface area contributed by atoms with Crippen molar-refractivity contribution in [1.82, 2.24) is 0 Å². The Morgan fingerprint density at radius 2 is 2.00 bits per heavy atom. The highest BCUT2D eigenvalue weighted by Crippen LogP contribution is 2.64. The minimum Gasteiger partial charge on any atom is -0.461 e. The van der Waals surface area contributed by atoms with E-state index in [4.69, 9.17) is 9.47 Å². The summed E-state index contributed by atoms with van der Waals surface area (Å²) in [6.45, 7) is 4.81. The molecule has 0 amide bonds. The second kappa shape index (κ2) is 5.92. The zero-order valence-corrected chi connectivity index (χ0v) is 15.2. The topological polar surface area (TPSA) is 93.1 Å². The van der Waals surface area contributed by atoms with E-state index in [-0.39, 0.29) is 22.7 Å². The SMILES string of the molecule is C[C@H]1CC[C@@]23COC(=O)C2=C[C@H](O)C[C@@H]3[C@@]1(C)CCC1=C[C@H](O)OC1=O. The van der Waals surface area contributed by atoms with Crippen LogP contribution in [0.4, 0.5) is 0 Å². The van der Waals surface area contributed by atoms with Crippen LogP contribution in [0.25, 0.3) is 0 Å². The lowest BCUT2D eigenvalue weighted by atomic mass is 9.46. The van der Waals surface area contributed by atoms with Crippen LogP contribution in [0.3, 0.4) is 0 Å². The molecule has 142 valence electrons. The second-order valence-electron chi connectivity index (χ2n) is 8.60. The summed E-state index contributed by atoms with van der Waals surface area (Å²) in [5.41, 5.74) is 0.689. The molecule has 0 unspecified atom stereocenters. The van der Waals surface area contributed by atoms with Gasteiger partial charge in [-0.25, -0.2) is 9.59 Å². The minimum absolute atomic E-state index is 0.114. The highest BCUT2D eigenvalue weighted by Gasteiger charge is 2.61. The van der Waals surface area contributed by atoms with Crippen molar-refractivity contribution in [1.29, 1.82) is 0 Å². The number of hydrogen-bond donors (Lipinski definition) is 2. The lowest BCUT2D eigenvalue weighted by molar-refractivity contribution is -0.151. The highest BCUT2D eigenvalue weighted by atomic mass is 16.6. The molecule has 1 spiro atoms. The van der Waals surface area contributed by atoms with Crippen molar-refractivity contribution in [2.45, 2.75) is 58.3 Å². The molecule has 0 bridgehead atoms. The van der Waals surface area contributed by atoms with Gasteiger partial charge in [-0.15, -0.1) is 0 Å². The zero-order valence-electron chi connectivity index (χ0n) is 15.2. The van der Waals surface area contributed by atoms with Crippen LogP contribution in [0.2, 0.25) is 0 Å². The van der Waals surface area contributed by atoms with E-state index in [0.717, 1.165) is 19.3 Å². The molecule has 0 aromatic rings. The predicted molar refractivity (Wildman–Crippen MR) is 91.5 cm³/mol. The molecule has 26 heavy (non-hydrogen) atoms. The summed E-state index contributed by atoms with van der Waals surface area (Å²) in [6.07, 6.45) is 5.10. The van der Waals surface area contributed by atoms with E-state index in [2.05, 4.69) is 13.8 Å². The molecule has 2 N–H and O–H groups in total. The molecule has 0 radical (unpaired) electrons. The van der Waals surface area contributed by atoms with Crippen molar-refractivity contribution < 1.29 is 29.3 Å². The Hall–Kier alpha value is -1.66. The van der Waals surface area contributed by atoms with Crippen LogP contribution in [-0.2, 0) is 19.1 Å². The van der Waals surface area contributed by atoms with Crippen LogP contribution in [0.15, 0.2) is 23.3 Å². The lowest BCUT2D eigenvalue weighted by Gasteiger charge is -2.57. The largest absolute Gasteiger partial charge is 0.461 e. The molecule has 2 aliphatic heterocycles. The fourth-order valence-electron chi connectivity index (χ4n) is 5.70. The predicted octanol–water partition coefficient (Wildman–Crippen LogP) is 1.85. The van der Waals surface area contributed by atoms with Crippen molar-refractivity contribution in [2.75, 3.05) is 6.61 Å². The Balaban J connectivity index is 1.64. The molecule has 0 aromatic heterocycles. The number of aliphatic hydroxyl groups excluding tert-OH is 2. The van der Waals surface area contributed by atoms with Crippen molar-refractivity contribution in [3.8, 4) is 0 Å². The molecule has 1 saturated heterocycles. The third-order valence-electron chi connectivity index (χ3n) is 7.43. The number of rotatable bonds is 3. The molecule has 0 aromatic carbocycles. The average Bonchev–Trinajstić information content (AvgIpc) is 3.09. The Labute approximate surface area is 152 Å². The van der Waals surface area contributed by atoms with E-state index < -0.39 is 18.4 Å². The quantitative estimate of drug-likeness (QED) is 0.745. The standard InChI is InChI=1S/C20H26O6/c1-11-3-6-20-10-25-18(24)14(20)8-13(21)9-15(20)19(11,2)5-4-12-7-16(22)26-17(12)23/h7-8,11,13,15-16,21-22H,3-6,9-10H2,1-2H3/t11-,13-,15+,16+,19-,20+/m0/s1. The van der Waals surface area contributed by atoms with Crippen LogP contribution in [0.5, 0.6) is 0 Å².